The van der Waals surface area contributed by atoms with Gasteiger partial charge in [0.1, 0.15) is 0 Å². The second-order valence-electron chi connectivity index (χ2n) is 7.88. The second kappa shape index (κ2) is 4.04. The summed E-state index contributed by atoms with van der Waals surface area (Å²) in [5, 5.41) is 0. The van der Waals surface area contributed by atoms with Crippen molar-refractivity contribution in [3.63, 3.8) is 0 Å². The maximum atomic E-state index is 2.76. The zero-order valence-corrected chi connectivity index (χ0v) is 16.0. The van der Waals surface area contributed by atoms with Gasteiger partial charge in [-0.05, 0) is 0 Å². The molecule has 0 unspecified atom stereocenters. The molecular formula is C9H27LiSi4. The third kappa shape index (κ3) is 2.58. The molecule has 0 fully saturated rings. The SMILES string of the molecule is [Li][Si]([Si](C)(C)C)([Si](C)(C)C)[Si](C)(C)C. The van der Waals surface area contributed by atoms with Gasteiger partial charge in [0.15, 0.2) is 0 Å². The van der Waals surface area contributed by atoms with E-state index >= 15 is 0 Å². The Morgan fingerprint density at radius 1 is 0.500 bits per heavy atom. The molecule has 5 heteroatoms. The van der Waals surface area contributed by atoms with E-state index in [9.17, 15) is 0 Å². The van der Waals surface area contributed by atoms with Crippen molar-refractivity contribution < 1.29 is 0 Å². The predicted molar refractivity (Wildman–Crippen MR) is 81.5 cm³/mol. The van der Waals surface area contributed by atoms with Crippen LogP contribution in [-0.2, 0) is 0 Å². The molecule has 0 aliphatic heterocycles. The Labute approximate surface area is 103 Å². The zero-order chi connectivity index (χ0) is 12.0. The average Bonchev–Trinajstić information content (AvgIpc) is 1.77. The molecule has 14 heavy (non-hydrogen) atoms. The summed E-state index contributed by atoms with van der Waals surface area (Å²) in [6, 6.07) is 0. The molecule has 0 saturated carbocycles. The van der Waals surface area contributed by atoms with E-state index in [1.165, 1.54) is 0 Å². The van der Waals surface area contributed by atoms with Crippen molar-refractivity contribution in [2.75, 3.05) is 0 Å². The van der Waals surface area contributed by atoms with E-state index < -0.39 is 27.7 Å². The first kappa shape index (κ1) is 15.5. The molecule has 80 valence electrons. The van der Waals surface area contributed by atoms with Gasteiger partial charge in [-0.2, -0.15) is 0 Å². The van der Waals surface area contributed by atoms with Gasteiger partial charge >= 0.3 is 104 Å². The van der Waals surface area contributed by atoms with Gasteiger partial charge in [0, 0.05) is 0 Å². The van der Waals surface area contributed by atoms with E-state index in [0.29, 0.717) is 0 Å². The zero-order valence-electron chi connectivity index (χ0n) is 12.0. The Balaban J connectivity index is 5.54. The molecule has 0 atom stereocenters. The van der Waals surface area contributed by atoms with Crippen LogP contribution in [0.2, 0.25) is 58.9 Å². The standard InChI is InChI=1S/C9H27Si4.Li/c1-11(2,3)10(12(4,5)6)13(7,8)9;/h1-9H3;. The third-order valence-electron chi connectivity index (χ3n) is 4.50. The van der Waals surface area contributed by atoms with Gasteiger partial charge in [0.25, 0.3) is 0 Å². The van der Waals surface area contributed by atoms with Gasteiger partial charge < -0.3 is 0 Å². The summed E-state index contributed by atoms with van der Waals surface area (Å²) in [6.07, 6.45) is 0. The molecule has 0 aliphatic rings. The Hall–Kier alpha value is 1.46. The number of hydrogen-bond acceptors (Lipinski definition) is 0. The van der Waals surface area contributed by atoms with E-state index in [0.717, 1.165) is 0 Å². The molecule has 0 N–H and O–H groups in total. The summed E-state index contributed by atoms with van der Waals surface area (Å²) < 4.78 is 0. The van der Waals surface area contributed by atoms with Crippen molar-refractivity contribution in [2.24, 2.45) is 0 Å². The average molecular weight is 255 g/mol. The normalized spacial score (nSPS) is 15.9. The first-order chi connectivity index (χ1) is 5.75. The summed E-state index contributed by atoms with van der Waals surface area (Å²) in [4.78, 5) is -0.938. The third-order valence-corrected chi connectivity index (χ3v) is 81.0. The molecule has 0 saturated heterocycles. The molecule has 0 aromatic rings. The summed E-state index contributed by atoms with van der Waals surface area (Å²) in [7, 11) is -2.76. The summed E-state index contributed by atoms with van der Waals surface area (Å²) in [5.74, 6) is 0. The van der Waals surface area contributed by atoms with Gasteiger partial charge in [-0.1, -0.05) is 0 Å². The Bertz CT molecular complexity index is 170. The Morgan fingerprint density at radius 3 is 0.643 bits per heavy atom. The monoisotopic (exact) mass is 254 g/mol. The summed E-state index contributed by atoms with van der Waals surface area (Å²) >= 11 is 2.76. The van der Waals surface area contributed by atoms with Crippen molar-refractivity contribution in [3.8, 4) is 0 Å². The van der Waals surface area contributed by atoms with Crippen LogP contribution in [0.15, 0.2) is 0 Å². The van der Waals surface area contributed by atoms with Crippen LogP contribution < -0.4 is 0 Å². The molecule has 0 heterocycles. The molecule has 0 radical (unpaired) electrons. The number of hydrogen-bond donors (Lipinski definition) is 0. The van der Waals surface area contributed by atoms with Crippen LogP contribution in [0.5, 0.6) is 0 Å². The molecule has 0 aromatic heterocycles. The van der Waals surface area contributed by atoms with Crippen molar-refractivity contribution in [2.45, 2.75) is 58.9 Å². The molecule has 0 nitrogen and oxygen atoms in total. The Kier molecular flexibility index (Phi) is 4.47. The fourth-order valence-electron chi connectivity index (χ4n) is 3.38. The van der Waals surface area contributed by atoms with Crippen LogP contribution >= 0.6 is 0 Å². The molecule has 0 bridgehead atoms. The fourth-order valence-corrected chi connectivity index (χ4v) is 91.1. The first-order valence-electron chi connectivity index (χ1n) is 5.75. The van der Waals surface area contributed by atoms with Crippen molar-refractivity contribution in [3.05, 3.63) is 0 Å². The van der Waals surface area contributed by atoms with E-state index in [-0.39, 0.29) is 0 Å². The fraction of sp³-hybridized carbons (Fsp3) is 1.00. The quantitative estimate of drug-likeness (QED) is 0.678. The van der Waals surface area contributed by atoms with E-state index in [2.05, 4.69) is 76.0 Å². The second-order valence-corrected chi connectivity index (χ2v) is 50.6. The van der Waals surface area contributed by atoms with Crippen LogP contribution in [0, 0.1) is 0 Å². The molecule has 0 rings (SSSR count). The van der Waals surface area contributed by atoms with Gasteiger partial charge in [0.05, 0.1) is 0 Å². The Morgan fingerprint density at radius 2 is 0.643 bits per heavy atom. The molecule has 0 aliphatic carbocycles. The molecule has 0 amide bonds. The van der Waals surface area contributed by atoms with Gasteiger partial charge in [-0.15, -0.1) is 0 Å². The van der Waals surface area contributed by atoms with Crippen molar-refractivity contribution in [1.29, 1.82) is 0 Å². The predicted octanol–water partition coefficient (Wildman–Crippen LogP) is 3.35. The molecule has 0 aromatic carbocycles. The summed E-state index contributed by atoms with van der Waals surface area (Å²) in [6.45, 7) is 23.7. The van der Waals surface area contributed by atoms with E-state index in [1.807, 2.05) is 0 Å². The minimum atomic E-state index is -0.938. The van der Waals surface area contributed by atoms with Crippen molar-refractivity contribution >= 4 is 44.8 Å². The van der Waals surface area contributed by atoms with Crippen molar-refractivity contribution in [1.82, 2.24) is 0 Å². The van der Waals surface area contributed by atoms with Crippen LogP contribution in [0.3, 0.4) is 0 Å². The van der Waals surface area contributed by atoms with E-state index in [1.54, 1.807) is 0 Å². The van der Waals surface area contributed by atoms with Crippen LogP contribution in [0.4, 0.5) is 0 Å². The minimum absolute atomic E-state index is 0.919. The topological polar surface area (TPSA) is 0 Å². The van der Waals surface area contributed by atoms with E-state index in [4.69, 9.17) is 0 Å². The van der Waals surface area contributed by atoms with Gasteiger partial charge in [-0.25, -0.2) is 0 Å². The maximum absolute atomic E-state index is 2.76. The number of rotatable bonds is 3. The van der Waals surface area contributed by atoms with Gasteiger partial charge in [0.2, 0.25) is 0 Å². The van der Waals surface area contributed by atoms with Crippen LogP contribution in [0.1, 0.15) is 0 Å². The first-order valence-corrected chi connectivity index (χ1v) is 21.8. The van der Waals surface area contributed by atoms with Gasteiger partial charge in [-0.3, -0.25) is 0 Å². The van der Waals surface area contributed by atoms with Crippen LogP contribution in [0.25, 0.3) is 0 Å². The molecule has 0 spiro atoms. The molecular weight excluding hydrogens is 227 g/mol. The van der Waals surface area contributed by atoms with Crippen LogP contribution in [-0.4, -0.2) is 44.8 Å². The summed E-state index contributed by atoms with van der Waals surface area (Å²) in [5.41, 5.74) is 0.